The smallest absolute Gasteiger partial charge is 0.260 e. The van der Waals surface area contributed by atoms with Crippen molar-refractivity contribution < 1.29 is 13.2 Å². The van der Waals surface area contributed by atoms with Crippen LogP contribution in [0.15, 0.2) is 23.3 Å². The molecular weight excluding hydrogens is 338 g/mol. The summed E-state index contributed by atoms with van der Waals surface area (Å²) in [6, 6.07) is 5.35. The molecule has 0 spiro atoms. The number of benzene rings is 1. The Morgan fingerprint density at radius 2 is 1.76 bits per heavy atom. The zero-order valence-electron chi connectivity index (χ0n) is 15.2. The number of hydrogen-bond donors (Lipinski definition) is 1. The fourth-order valence-corrected chi connectivity index (χ4v) is 3.68. The van der Waals surface area contributed by atoms with Crippen molar-refractivity contribution in [3.63, 3.8) is 0 Å². The van der Waals surface area contributed by atoms with Crippen molar-refractivity contribution in [2.75, 3.05) is 17.1 Å². The molecule has 0 heterocycles. The van der Waals surface area contributed by atoms with Crippen LogP contribution in [0.2, 0.25) is 0 Å². The van der Waals surface area contributed by atoms with E-state index in [1.165, 1.54) is 12.8 Å². The highest BCUT2D eigenvalue weighted by Gasteiger charge is 2.21. The van der Waals surface area contributed by atoms with E-state index in [1.807, 2.05) is 19.9 Å². The number of rotatable bonds is 5. The lowest BCUT2D eigenvalue weighted by atomic mass is 10.1. The summed E-state index contributed by atoms with van der Waals surface area (Å²) in [6.07, 6.45) is 7.47. The van der Waals surface area contributed by atoms with Crippen molar-refractivity contribution in [2.24, 2.45) is 5.10 Å². The standard InChI is InChI=1S/C18H27N3O3S/c1-14-10-11-17(12-15(14)2)21(25(3,23)24)13-18(22)20-19-16-8-6-4-5-7-9-16/h10-12H,4-9,13H2,1-3H3,(H,20,22). The Kier molecular flexibility index (Phi) is 6.58. The quantitative estimate of drug-likeness (QED) is 0.644. The van der Waals surface area contributed by atoms with Gasteiger partial charge in [0.25, 0.3) is 5.91 Å². The summed E-state index contributed by atoms with van der Waals surface area (Å²) in [5.74, 6) is -0.430. The molecule has 1 N–H and O–H groups in total. The molecule has 0 aromatic heterocycles. The maximum absolute atomic E-state index is 12.2. The zero-order chi connectivity index (χ0) is 18.4. The van der Waals surface area contributed by atoms with Crippen molar-refractivity contribution in [1.82, 2.24) is 5.43 Å². The summed E-state index contributed by atoms with van der Waals surface area (Å²) in [5, 5.41) is 4.20. The maximum Gasteiger partial charge on any atom is 0.260 e. The van der Waals surface area contributed by atoms with Gasteiger partial charge in [0.15, 0.2) is 0 Å². The van der Waals surface area contributed by atoms with Gasteiger partial charge in [0, 0.05) is 5.71 Å². The number of sulfonamides is 1. The number of hydrogen-bond acceptors (Lipinski definition) is 4. The largest absolute Gasteiger partial charge is 0.271 e. The van der Waals surface area contributed by atoms with Crippen LogP contribution in [0.1, 0.15) is 49.7 Å². The molecule has 0 saturated heterocycles. The van der Waals surface area contributed by atoms with Crippen LogP contribution in [-0.2, 0) is 14.8 Å². The zero-order valence-corrected chi connectivity index (χ0v) is 16.0. The minimum absolute atomic E-state index is 0.280. The van der Waals surface area contributed by atoms with Gasteiger partial charge in [-0.15, -0.1) is 0 Å². The molecule has 0 radical (unpaired) electrons. The Hall–Kier alpha value is -1.89. The Bertz CT molecular complexity index is 747. The minimum atomic E-state index is -3.57. The molecule has 7 heteroatoms. The number of carbonyl (C=O) groups excluding carboxylic acids is 1. The van der Waals surface area contributed by atoms with Crippen LogP contribution in [0, 0.1) is 13.8 Å². The molecule has 2 rings (SSSR count). The highest BCUT2D eigenvalue weighted by Crippen LogP contribution is 2.21. The summed E-state index contributed by atoms with van der Waals surface area (Å²) in [5.41, 5.74) is 6.05. The lowest BCUT2D eigenvalue weighted by Crippen LogP contribution is -2.39. The molecule has 1 amide bonds. The number of amides is 1. The number of hydrazone groups is 1. The third-order valence-electron chi connectivity index (χ3n) is 4.49. The fraction of sp³-hybridized carbons (Fsp3) is 0.556. The molecule has 1 aliphatic carbocycles. The number of anilines is 1. The molecule has 0 atom stereocenters. The van der Waals surface area contributed by atoms with Gasteiger partial charge >= 0.3 is 0 Å². The van der Waals surface area contributed by atoms with Gasteiger partial charge < -0.3 is 0 Å². The Balaban J connectivity index is 2.10. The molecular formula is C18H27N3O3S. The highest BCUT2D eigenvalue weighted by molar-refractivity contribution is 7.92. The monoisotopic (exact) mass is 365 g/mol. The Morgan fingerprint density at radius 1 is 1.12 bits per heavy atom. The fourth-order valence-electron chi connectivity index (χ4n) is 2.84. The van der Waals surface area contributed by atoms with Crippen molar-refractivity contribution in [2.45, 2.75) is 52.4 Å². The van der Waals surface area contributed by atoms with E-state index in [-0.39, 0.29) is 6.54 Å². The van der Waals surface area contributed by atoms with Crippen molar-refractivity contribution in [1.29, 1.82) is 0 Å². The average molecular weight is 365 g/mol. The van der Waals surface area contributed by atoms with Gasteiger partial charge in [-0.2, -0.15) is 5.10 Å². The predicted molar refractivity (Wildman–Crippen MR) is 101 cm³/mol. The molecule has 138 valence electrons. The molecule has 1 aliphatic rings. The second kappa shape index (κ2) is 8.47. The first-order valence-corrected chi connectivity index (χ1v) is 10.5. The number of nitrogens with one attached hydrogen (secondary N) is 1. The summed E-state index contributed by atoms with van der Waals surface area (Å²) in [7, 11) is -3.57. The summed E-state index contributed by atoms with van der Waals surface area (Å²) in [4.78, 5) is 12.2. The van der Waals surface area contributed by atoms with Crippen LogP contribution in [0.25, 0.3) is 0 Å². The third kappa shape index (κ3) is 5.85. The molecule has 1 saturated carbocycles. The molecule has 0 bridgehead atoms. The number of carbonyl (C=O) groups is 1. The SMILES string of the molecule is Cc1ccc(N(CC(=O)NN=C2CCCCCC2)S(C)(=O)=O)cc1C. The Morgan fingerprint density at radius 3 is 2.32 bits per heavy atom. The topological polar surface area (TPSA) is 78.8 Å². The van der Waals surface area contributed by atoms with Gasteiger partial charge in [-0.1, -0.05) is 18.9 Å². The van der Waals surface area contributed by atoms with E-state index in [2.05, 4.69) is 10.5 Å². The second-order valence-corrected chi connectivity index (χ2v) is 8.57. The normalized spacial score (nSPS) is 15.4. The van der Waals surface area contributed by atoms with Crippen LogP contribution in [0.4, 0.5) is 5.69 Å². The molecule has 6 nitrogen and oxygen atoms in total. The van der Waals surface area contributed by atoms with Gasteiger partial charge in [-0.05, 0) is 62.8 Å². The third-order valence-corrected chi connectivity index (χ3v) is 5.63. The van der Waals surface area contributed by atoms with Crippen molar-refractivity contribution in [3.05, 3.63) is 29.3 Å². The second-order valence-electron chi connectivity index (χ2n) is 6.67. The summed E-state index contributed by atoms with van der Waals surface area (Å²) in [6.45, 7) is 3.59. The van der Waals surface area contributed by atoms with E-state index in [1.54, 1.807) is 12.1 Å². The predicted octanol–water partition coefficient (Wildman–Crippen LogP) is 2.90. The van der Waals surface area contributed by atoms with Crippen molar-refractivity contribution in [3.8, 4) is 0 Å². The first kappa shape index (κ1) is 19.4. The van der Waals surface area contributed by atoms with E-state index in [0.29, 0.717) is 5.69 Å². The molecule has 1 aromatic carbocycles. The van der Waals surface area contributed by atoms with Crippen LogP contribution in [-0.4, -0.2) is 32.8 Å². The maximum atomic E-state index is 12.2. The van der Waals surface area contributed by atoms with E-state index in [4.69, 9.17) is 0 Å². The van der Waals surface area contributed by atoms with E-state index < -0.39 is 15.9 Å². The number of nitrogens with zero attached hydrogens (tertiary/aromatic N) is 2. The van der Waals surface area contributed by atoms with E-state index in [0.717, 1.165) is 53.1 Å². The molecule has 0 aliphatic heterocycles. The summed E-state index contributed by atoms with van der Waals surface area (Å²) >= 11 is 0. The average Bonchev–Trinajstić information content (AvgIpc) is 2.81. The van der Waals surface area contributed by atoms with Gasteiger partial charge in [0.1, 0.15) is 6.54 Å². The van der Waals surface area contributed by atoms with Crippen LogP contribution in [0.3, 0.4) is 0 Å². The van der Waals surface area contributed by atoms with Crippen LogP contribution < -0.4 is 9.73 Å². The molecule has 1 fully saturated rings. The van der Waals surface area contributed by atoms with Gasteiger partial charge in [-0.3, -0.25) is 9.10 Å². The van der Waals surface area contributed by atoms with E-state index >= 15 is 0 Å². The van der Waals surface area contributed by atoms with Crippen molar-refractivity contribution >= 4 is 27.3 Å². The number of aryl methyl sites for hydroxylation is 2. The first-order valence-electron chi connectivity index (χ1n) is 8.66. The van der Waals surface area contributed by atoms with Crippen LogP contribution in [0.5, 0.6) is 0 Å². The molecule has 25 heavy (non-hydrogen) atoms. The van der Waals surface area contributed by atoms with Crippen LogP contribution >= 0.6 is 0 Å². The van der Waals surface area contributed by atoms with Gasteiger partial charge in [0.2, 0.25) is 10.0 Å². The molecule has 0 unspecified atom stereocenters. The lowest BCUT2D eigenvalue weighted by Gasteiger charge is -2.22. The lowest BCUT2D eigenvalue weighted by molar-refractivity contribution is -0.119. The van der Waals surface area contributed by atoms with Gasteiger partial charge in [-0.25, -0.2) is 13.8 Å². The Labute approximate surface area is 150 Å². The summed E-state index contributed by atoms with van der Waals surface area (Å²) < 4.78 is 25.4. The minimum Gasteiger partial charge on any atom is -0.271 e. The highest BCUT2D eigenvalue weighted by atomic mass is 32.2. The van der Waals surface area contributed by atoms with Gasteiger partial charge in [0.05, 0.1) is 11.9 Å². The van der Waals surface area contributed by atoms with E-state index in [9.17, 15) is 13.2 Å². The molecule has 1 aromatic rings. The first-order chi connectivity index (χ1) is 11.8.